The molecule has 22 heavy (non-hydrogen) atoms. The Hall–Kier alpha value is -1.83. The maximum absolute atomic E-state index is 11.1. The lowest BCUT2D eigenvalue weighted by atomic mass is 10.2. The van der Waals surface area contributed by atoms with Crippen LogP contribution in [-0.4, -0.2) is 36.2 Å². The van der Waals surface area contributed by atoms with Crippen LogP contribution in [0.5, 0.6) is 0 Å². The third kappa shape index (κ3) is 4.87. The molecule has 0 aliphatic heterocycles. The van der Waals surface area contributed by atoms with E-state index >= 15 is 0 Å². The second-order valence-electron chi connectivity index (χ2n) is 5.27. The van der Waals surface area contributed by atoms with Crippen molar-refractivity contribution in [1.29, 1.82) is 0 Å². The molecule has 2 aromatic heterocycles. The quantitative estimate of drug-likeness (QED) is 0.558. The molecule has 0 spiro atoms. The van der Waals surface area contributed by atoms with Crippen LogP contribution in [-0.2, 0) is 17.9 Å². The first-order valence-electron chi connectivity index (χ1n) is 7.36. The normalized spacial score (nSPS) is 11.0. The average molecular weight is 322 g/mol. The number of primary amides is 1. The Morgan fingerprint density at radius 2 is 2.09 bits per heavy atom. The van der Waals surface area contributed by atoms with Gasteiger partial charge >= 0.3 is 0 Å². The highest BCUT2D eigenvalue weighted by Crippen LogP contribution is 2.18. The minimum absolute atomic E-state index is 0.139. The van der Waals surface area contributed by atoms with Gasteiger partial charge in [-0.3, -0.25) is 14.0 Å². The summed E-state index contributed by atoms with van der Waals surface area (Å²) in [6, 6.07) is 0. The summed E-state index contributed by atoms with van der Waals surface area (Å²) in [7, 11) is 0. The molecule has 1 amide bonds. The molecule has 0 aromatic carbocycles. The number of thioether (sulfide) groups is 1. The first-order valence-corrected chi connectivity index (χ1v) is 8.35. The van der Waals surface area contributed by atoms with Crippen LogP contribution in [0.25, 0.3) is 0 Å². The Morgan fingerprint density at radius 3 is 2.77 bits per heavy atom. The number of nitrogens with two attached hydrogens (primary N) is 1. The van der Waals surface area contributed by atoms with E-state index in [2.05, 4.69) is 21.5 Å². The zero-order chi connectivity index (χ0) is 15.9. The van der Waals surface area contributed by atoms with E-state index in [1.165, 1.54) is 5.56 Å². The van der Waals surface area contributed by atoms with Gasteiger partial charge in [-0.25, -0.2) is 0 Å². The number of rotatable bonds is 9. The van der Waals surface area contributed by atoms with Crippen LogP contribution in [0, 0.1) is 13.8 Å². The van der Waals surface area contributed by atoms with Gasteiger partial charge in [-0.1, -0.05) is 18.2 Å². The lowest BCUT2D eigenvalue weighted by Crippen LogP contribution is -2.20. The number of carbonyl (C=O) groups is 1. The van der Waals surface area contributed by atoms with Gasteiger partial charge in [0, 0.05) is 18.5 Å². The standard InChI is InChI=1S/C14H22N6OS/c1-11-8-16-19(9-11)6-4-3-5-7-22-14-18-17-12(2)20(14)10-13(15)21/h8-9H,3-7,10H2,1-2H3,(H2,15,21). The van der Waals surface area contributed by atoms with Gasteiger partial charge in [0.05, 0.1) is 6.20 Å². The van der Waals surface area contributed by atoms with Gasteiger partial charge in [0.1, 0.15) is 12.4 Å². The third-order valence-corrected chi connectivity index (χ3v) is 4.29. The van der Waals surface area contributed by atoms with Crippen molar-refractivity contribution in [3.05, 3.63) is 23.8 Å². The van der Waals surface area contributed by atoms with Gasteiger partial charge in [0.2, 0.25) is 5.91 Å². The van der Waals surface area contributed by atoms with Gasteiger partial charge in [0.25, 0.3) is 0 Å². The minimum atomic E-state index is -0.376. The Kier molecular flexibility index (Phi) is 6.00. The van der Waals surface area contributed by atoms with Crippen LogP contribution in [0.15, 0.2) is 17.6 Å². The Balaban J connectivity index is 1.67. The third-order valence-electron chi connectivity index (χ3n) is 3.24. The van der Waals surface area contributed by atoms with Gasteiger partial charge in [-0.2, -0.15) is 5.10 Å². The van der Waals surface area contributed by atoms with Crippen LogP contribution < -0.4 is 5.73 Å². The van der Waals surface area contributed by atoms with Crippen molar-refractivity contribution in [2.45, 2.75) is 51.4 Å². The predicted octanol–water partition coefficient (Wildman–Crippen LogP) is 1.54. The van der Waals surface area contributed by atoms with Gasteiger partial charge in [-0.15, -0.1) is 10.2 Å². The van der Waals surface area contributed by atoms with Gasteiger partial charge in [0.15, 0.2) is 5.16 Å². The lowest BCUT2D eigenvalue weighted by Gasteiger charge is -2.05. The lowest BCUT2D eigenvalue weighted by molar-refractivity contribution is -0.118. The Morgan fingerprint density at radius 1 is 1.27 bits per heavy atom. The molecule has 0 aliphatic rings. The molecule has 0 saturated heterocycles. The summed E-state index contributed by atoms with van der Waals surface area (Å²) in [6.07, 6.45) is 7.27. The topological polar surface area (TPSA) is 91.6 Å². The van der Waals surface area contributed by atoms with E-state index in [1.807, 2.05) is 24.7 Å². The van der Waals surface area contributed by atoms with E-state index in [9.17, 15) is 4.79 Å². The molecular formula is C14H22N6OS. The van der Waals surface area contributed by atoms with Crippen LogP contribution >= 0.6 is 11.8 Å². The van der Waals surface area contributed by atoms with E-state index < -0.39 is 0 Å². The molecule has 120 valence electrons. The summed E-state index contributed by atoms with van der Waals surface area (Å²) in [5.74, 6) is 1.30. The fraction of sp³-hybridized carbons (Fsp3) is 0.571. The first-order chi connectivity index (χ1) is 10.6. The molecule has 2 heterocycles. The molecule has 0 bridgehead atoms. The van der Waals surface area contributed by atoms with Crippen LogP contribution in [0.2, 0.25) is 0 Å². The summed E-state index contributed by atoms with van der Waals surface area (Å²) in [5, 5.41) is 13.1. The smallest absolute Gasteiger partial charge is 0.237 e. The van der Waals surface area contributed by atoms with Crippen molar-refractivity contribution in [2.75, 3.05) is 5.75 Å². The molecule has 0 saturated carbocycles. The molecular weight excluding hydrogens is 300 g/mol. The van der Waals surface area contributed by atoms with Gasteiger partial charge < -0.3 is 5.73 Å². The van der Waals surface area contributed by atoms with Crippen LogP contribution in [0.3, 0.4) is 0 Å². The molecule has 2 aromatic rings. The first kappa shape index (κ1) is 16.5. The van der Waals surface area contributed by atoms with Crippen LogP contribution in [0.4, 0.5) is 0 Å². The highest BCUT2D eigenvalue weighted by atomic mass is 32.2. The molecule has 0 radical (unpaired) electrons. The number of hydrogen-bond donors (Lipinski definition) is 1. The molecule has 8 heteroatoms. The second kappa shape index (κ2) is 7.98. The van der Waals surface area contributed by atoms with Crippen LogP contribution in [0.1, 0.15) is 30.7 Å². The van der Waals surface area contributed by atoms with E-state index in [1.54, 1.807) is 16.3 Å². The van der Waals surface area contributed by atoms with E-state index in [0.717, 1.165) is 42.5 Å². The monoisotopic (exact) mass is 322 g/mol. The van der Waals surface area contributed by atoms with E-state index in [4.69, 9.17) is 5.73 Å². The van der Waals surface area contributed by atoms with Crippen molar-refractivity contribution < 1.29 is 4.79 Å². The summed E-state index contributed by atoms with van der Waals surface area (Å²) in [4.78, 5) is 11.1. The Bertz CT molecular complexity index is 621. The van der Waals surface area contributed by atoms with Crippen molar-refractivity contribution >= 4 is 17.7 Å². The highest BCUT2D eigenvalue weighted by molar-refractivity contribution is 7.99. The number of unbranched alkanes of at least 4 members (excludes halogenated alkanes) is 2. The molecule has 0 unspecified atom stereocenters. The SMILES string of the molecule is Cc1cnn(CCCCCSc2nnc(C)n2CC(N)=O)c1. The second-order valence-corrected chi connectivity index (χ2v) is 6.33. The highest BCUT2D eigenvalue weighted by Gasteiger charge is 2.10. The molecule has 2 N–H and O–H groups in total. The summed E-state index contributed by atoms with van der Waals surface area (Å²) >= 11 is 1.62. The fourth-order valence-corrected chi connectivity index (χ4v) is 3.09. The Labute approximate surface area is 134 Å². The molecule has 0 atom stereocenters. The minimum Gasteiger partial charge on any atom is -0.368 e. The maximum atomic E-state index is 11.1. The number of aryl methyl sites for hydroxylation is 3. The largest absolute Gasteiger partial charge is 0.368 e. The number of nitrogens with zero attached hydrogens (tertiary/aromatic N) is 5. The van der Waals surface area contributed by atoms with Crippen molar-refractivity contribution in [3.8, 4) is 0 Å². The fourth-order valence-electron chi connectivity index (χ4n) is 2.11. The zero-order valence-electron chi connectivity index (χ0n) is 13.0. The van der Waals surface area contributed by atoms with Crippen molar-refractivity contribution in [1.82, 2.24) is 24.5 Å². The molecule has 0 aliphatic carbocycles. The maximum Gasteiger partial charge on any atom is 0.237 e. The summed E-state index contributed by atoms with van der Waals surface area (Å²) in [5.41, 5.74) is 6.43. The van der Waals surface area contributed by atoms with E-state index in [0.29, 0.717) is 0 Å². The zero-order valence-corrected chi connectivity index (χ0v) is 13.8. The molecule has 2 rings (SSSR count). The number of hydrogen-bond acceptors (Lipinski definition) is 5. The van der Waals surface area contributed by atoms with Crippen molar-refractivity contribution in [2.24, 2.45) is 5.73 Å². The summed E-state index contributed by atoms with van der Waals surface area (Å²) in [6.45, 7) is 4.96. The molecule has 7 nitrogen and oxygen atoms in total. The molecule has 0 fully saturated rings. The van der Waals surface area contributed by atoms with Gasteiger partial charge in [-0.05, 0) is 32.3 Å². The summed E-state index contributed by atoms with van der Waals surface area (Å²) < 4.78 is 3.74. The number of amides is 1. The number of carbonyl (C=O) groups excluding carboxylic acids is 1. The van der Waals surface area contributed by atoms with E-state index in [-0.39, 0.29) is 12.5 Å². The van der Waals surface area contributed by atoms with Crippen molar-refractivity contribution in [3.63, 3.8) is 0 Å². The number of aromatic nitrogens is 5. The average Bonchev–Trinajstić information content (AvgIpc) is 3.02. The predicted molar refractivity (Wildman–Crippen MR) is 85.5 cm³/mol.